The fraction of sp³-hybridized carbons (Fsp3) is 0.474. The molecule has 1 fully saturated rings. The van der Waals surface area contributed by atoms with E-state index in [9.17, 15) is 9.18 Å². The summed E-state index contributed by atoms with van der Waals surface area (Å²) in [5, 5.41) is 0.931. The molecule has 0 radical (unpaired) electrons. The first-order valence-electron chi connectivity index (χ1n) is 8.54. The second kappa shape index (κ2) is 7.43. The maximum Gasteiger partial charge on any atom is 0.266 e. The Labute approximate surface area is 146 Å². The number of aryl methyl sites for hydroxylation is 2. The zero-order chi connectivity index (χ0) is 17.1. The van der Waals surface area contributed by atoms with Crippen LogP contribution in [-0.4, -0.2) is 28.4 Å². The first-order valence-corrected chi connectivity index (χ1v) is 9.35. The molecule has 0 atom stereocenters. The van der Waals surface area contributed by atoms with Crippen LogP contribution in [0.5, 0.6) is 0 Å². The average molecular weight is 346 g/mol. The summed E-state index contributed by atoms with van der Waals surface area (Å²) in [7, 11) is 0. The normalized spacial score (nSPS) is 15.0. The van der Waals surface area contributed by atoms with Gasteiger partial charge in [0.05, 0.1) is 10.7 Å². The molecule has 1 aliphatic carbocycles. The van der Waals surface area contributed by atoms with Crippen molar-refractivity contribution >= 4 is 17.2 Å². The topological polar surface area (TPSA) is 33.2 Å². The van der Waals surface area contributed by atoms with Gasteiger partial charge in [-0.1, -0.05) is 25.0 Å². The van der Waals surface area contributed by atoms with Gasteiger partial charge in [-0.3, -0.25) is 4.79 Å². The Morgan fingerprint density at radius 2 is 1.92 bits per heavy atom. The first kappa shape index (κ1) is 17.1. The van der Waals surface area contributed by atoms with E-state index in [1.807, 2.05) is 18.7 Å². The van der Waals surface area contributed by atoms with Crippen LogP contribution >= 0.6 is 11.3 Å². The van der Waals surface area contributed by atoms with Crippen molar-refractivity contribution in [1.29, 1.82) is 0 Å². The zero-order valence-corrected chi connectivity index (χ0v) is 15.0. The van der Waals surface area contributed by atoms with Crippen LogP contribution in [0.25, 0.3) is 0 Å². The average Bonchev–Trinajstić information content (AvgIpc) is 3.19. The summed E-state index contributed by atoms with van der Waals surface area (Å²) in [6, 6.07) is 6.88. The lowest BCUT2D eigenvalue weighted by Crippen LogP contribution is -2.40. The molecule has 1 amide bonds. The number of halogens is 1. The van der Waals surface area contributed by atoms with Gasteiger partial charge in [0.1, 0.15) is 10.7 Å². The fourth-order valence-corrected chi connectivity index (χ4v) is 4.30. The Kier molecular flexibility index (Phi) is 5.29. The number of hydrogen-bond donors (Lipinski definition) is 0. The largest absolute Gasteiger partial charge is 0.335 e. The van der Waals surface area contributed by atoms with Crippen molar-refractivity contribution in [3.63, 3.8) is 0 Å². The van der Waals surface area contributed by atoms with Crippen molar-refractivity contribution in [2.24, 2.45) is 0 Å². The van der Waals surface area contributed by atoms with Crippen LogP contribution in [0.2, 0.25) is 0 Å². The van der Waals surface area contributed by atoms with E-state index in [4.69, 9.17) is 0 Å². The third-order valence-electron chi connectivity index (χ3n) is 4.68. The van der Waals surface area contributed by atoms with Crippen molar-refractivity contribution in [1.82, 2.24) is 9.88 Å². The SMILES string of the molecule is Cc1nc(C)c(C(=O)N(CCc2ccc(F)cc2)C2CCCC2)s1. The van der Waals surface area contributed by atoms with Crippen molar-refractivity contribution in [2.45, 2.75) is 52.0 Å². The van der Waals surface area contributed by atoms with Crippen molar-refractivity contribution in [3.05, 3.63) is 51.2 Å². The van der Waals surface area contributed by atoms with Gasteiger partial charge in [-0.05, 0) is 50.8 Å². The Balaban J connectivity index is 1.76. The number of carbonyl (C=O) groups is 1. The van der Waals surface area contributed by atoms with E-state index >= 15 is 0 Å². The molecule has 3 nitrogen and oxygen atoms in total. The van der Waals surface area contributed by atoms with Crippen LogP contribution in [-0.2, 0) is 6.42 Å². The number of aromatic nitrogens is 1. The standard InChI is InChI=1S/C19H23FN2OS/c1-13-18(24-14(2)21-13)19(23)22(17-5-3-4-6-17)12-11-15-7-9-16(20)10-8-15/h7-10,17H,3-6,11-12H2,1-2H3. The quantitative estimate of drug-likeness (QED) is 0.797. The van der Waals surface area contributed by atoms with E-state index in [1.54, 1.807) is 12.1 Å². The summed E-state index contributed by atoms with van der Waals surface area (Å²) in [6.45, 7) is 4.52. The van der Waals surface area contributed by atoms with E-state index in [0.29, 0.717) is 12.6 Å². The molecular formula is C19H23FN2OS. The summed E-state index contributed by atoms with van der Waals surface area (Å²) in [5.74, 6) is -0.120. The van der Waals surface area contributed by atoms with Gasteiger partial charge in [0.25, 0.3) is 5.91 Å². The highest BCUT2D eigenvalue weighted by molar-refractivity contribution is 7.13. The van der Waals surface area contributed by atoms with Gasteiger partial charge in [-0.25, -0.2) is 9.37 Å². The molecule has 1 aromatic carbocycles. The maximum absolute atomic E-state index is 13.1. The fourth-order valence-electron chi connectivity index (χ4n) is 3.43. The van der Waals surface area contributed by atoms with Crippen LogP contribution < -0.4 is 0 Å². The summed E-state index contributed by atoms with van der Waals surface area (Å²) >= 11 is 1.48. The minimum atomic E-state index is -0.224. The van der Waals surface area contributed by atoms with E-state index in [0.717, 1.165) is 40.4 Å². The summed E-state index contributed by atoms with van der Waals surface area (Å²) in [4.78, 5) is 20.3. The molecule has 24 heavy (non-hydrogen) atoms. The number of carbonyl (C=O) groups excluding carboxylic acids is 1. The Morgan fingerprint density at radius 1 is 1.25 bits per heavy atom. The van der Waals surface area contributed by atoms with E-state index in [1.165, 1.54) is 36.3 Å². The Morgan fingerprint density at radius 3 is 2.50 bits per heavy atom. The summed E-state index contributed by atoms with van der Waals surface area (Å²) < 4.78 is 13.1. The highest BCUT2D eigenvalue weighted by Crippen LogP contribution is 2.27. The van der Waals surface area contributed by atoms with Gasteiger partial charge in [0.2, 0.25) is 0 Å². The lowest BCUT2D eigenvalue weighted by Gasteiger charge is -2.29. The molecule has 2 aromatic rings. The van der Waals surface area contributed by atoms with E-state index in [-0.39, 0.29) is 11.7 Å². The molecule has 0 N–H and O–H groups in total. The molecule has 0 spiro atoms. The second-order valence-corrected chi connectivity index (χ2v) is 7.66. The number of amides is 1. The minimum Gasteiger partial charge on any atom is -0.335 e. The van der Waals surface area contributed by atoms with Gasteiger partial charge in [-0.15, -0.1) is 11.3 Å². The van der Waals surface area contributed by atoms with Gasteiger partial charge >= 0.3 is 0 Å². The van der Waals surface area contributed by atoms with Gasteiger partial charge in [0, 0.05) is 12.6 Å². The van der Waals surface area contributed by atoms with Gasteiger partial charge in [0.15, 0.2) is 0 Å². The van der Waals surface area contributed by atoms with Crippen molar-refractivity contribution in [2.75, 3.05) is 6.54 Å². The minimum absolute atomic E-state index is 0.104. The third-order valence-corrected chi connectivity index (χ3v) is 5.74. The number of rotatable bonds is 5. The van der Waals surface area contributed by atoms with E-state index in [2.05, 4.69) is 4.98 Å². The maximum atomic E-state index is 13.1. The lowest BCUT2D eigenvalue weighted by molar-refractivity contribution is 0.0688. The molecule has 5 heteroatoms. The molecule has 0 saturated heterocycles. The van der Waals surface area contributed by atoms with Crippen molar-refractivity contribution < 1.29 is 9.18 Å². The second-order valence-electron chi connectivity index (χ2n) is 6.46. The highest BCUT2D eigenvalue weighted by Gasteiger charge is 2.29. The van der Waals surface area contributed by atoms with Crippen molar-refractivity contribution in [3.8, 4) is 0 Å². The molecule has 128 valence electrons. The number of thiazole rings is 1. The van der Waals surface area contributed by atoms with Crippen LogP contribution in [0.1, 0.15) is 51.6 Å². The summed E-state index contributed by atoms with van der Waals surface area (Å²) in [5.41, 5.74) is 1.89. The number of nitrogens with zero attached hydrogens (tertiary/aromatic N) is 2. The highest BCUT2D eigenvalue weighted by atomic mass is 32.1. The first-order chi connectivity index (χ1) is 11.5. The zero-order valence-electron chi connectivity index (χ0n) is 14.2. The molecule has 1 heterocycles. The predicted octanol–water partition coefficient (Wildman–Crippen LogP) is 4.53. The third kappa shape index (κ3) is 3.83. The smallest absolute Gasteiger partial charge is 0.266 e. The number of benzene rings is 1. The summed E-state index contributed by atoms with van der Waals surface area (Å²) in [6.07, 6.45) is 5.27. The van der Waals surface area contributed by atoms with Crippen LogP contribution in [0.15, 0.2) is 24.3 Å². The Hall–Kier alpha value is -1.75. The lowest BCUT2D eigenvalue weighted by atomic mass is 10.1. The van der Waals surface area contributed by atoms with E-state index < -0.39 is 0 Å². The molecule has 0 aliphatic heterocycles. The van der Waals surface area contributed by atoms with Crippen LogP contribution in [0.4, 0.5) is 4.39 Å². The monoisotopic (exact) mass is 346 g/mol. The molecule has 1 aromatic heterocycles. The van der Waals surface area contributed by atoms with Crippen LogP contribution in [0.3, 0.4) is 0 Å². The molecule has 0 unspecified atom stereocenters. The predicted molar refractivity (Wildman–Crippen MR) is 95.0 cm³/mol. The molecule has 3 rings (SSSR count). The van der Waals surface area contributed by atoms with Gasteiger partial charge < -0.3 is 4.90 Å². The molecule has 1 aliphatic rings. The number of hydrogen-bond acceptors (Lipinski definition) is 3. The molecule has 1 saturated carbocycles. The van der Waals surface area contributed by atoms with Crippen LogP contribution in [0, 0.1) is 19.7 Å². The van der Waals surface area contributed by atoms with Gasteiger partial charge in [-0.2, -0.15) is 0 Å². The Bertz CT molecular complexity index is 705. The molecular weight excluding hydrogens is 323 g/mol. The molecule has 0 bridgehead atoms.